The van der Waals surface area contributed by atoms with Gasteiger partial charge >= 0.3 is 0 Å². The maximum atomic E-state index is 12.0. The molecule has 1 aliphatic heterocycles. The second-order valence-electron chi connectivity index (χ2n) is 6.33. The molecule has 1 aromatic carbocycles. The monoisotopic (exact) mass is 391 g/mol. The molecule has 25 heavy (non-hydrogen) atoms. The topological polar surface area (TPSA) is 53.6 Å². The number of rotatable bonds is 8. The molecule has 0 spiro atoms. The Bertz CT molecular complexity index is 523. The molecule has 7 heteroatoms. The van der Waals surface area contributed by atoms with Crippen LogP contribution in [-0.4, -0.2) is 50.6 Å². The molecule has 5 nitrogen and oxygen atoms in total. The third-order valence-corrected chi connectivity index (χ3v) is 4.26. The number of aryl methyl sites for hydroxylation is 1. The average molecular weight is 392 g/mol. The largest absolute Gasteiger partial charge is 0.492 e. The van der Waals surface area contributed by atoms with Gasteiger partial charge in [-0.25, -0.2) is 0 Å². The number of nitrogens with zero attached hydrogens (tertiary/aromatic N) is 1. The van der Waals surface area contributed by atoms with Crippen molar-refractivity contribution < 1.29 is 9.53 Å². The summed E-state index contributed by atoms with van der Waals surface area (Å²) in [4.78, 5) is 14.5. The predicted molar refractivity (Wildman–Crippen MR) is 109 cm³/mol. The molecule has 1 aromatic rings. The first kappa shape index (κ1) is 24.0. The number of nitrogens with one attached hydrogen (secondary N) is 2. The van der Waals surface area contributed by atoms with Gasteiger partial charge in [0.2, 0.25) is 5.91 Å². The fraction of sp³-hybridized carbons (Fsp3) is 0.611. The van der Waals surface area contributed by atoms with E-state index in [9.17, 15) is 4.79 Å². The highest BCUT2D eigenvalue weighted by atomic mass is 35.5. The van der Waals surface area contributed by atoms with Gasteiger partial charge in [-0.3, -0.25) is 9.69 Å². The second kappa shape index (κ2) is 12.4. The van der Waals surface area contributed by atoms with Crippen LogP contribution in [-0.2, 0) is 4.79 Å². The molecular weight excluding hydrogens is 361 g/mol. The number of benzene rings is 1. The molecule has 0 radical (unpaired) electrons. The molecule has 0 bridgehead atoms. The summed E-state index contributed by atoms with van der Waals surface area (Å²) in [7, 11) is 1.85. The van der Waals surface area contributed by atoms with Crippen LogP contribution >= 0.6 is 24.8 Å². The van der Waals surface area contributed by atoms with Gasteiger partial charge in [0.15, 0.2) is 0 Å². The van der Waals surface area contributed by atoms with Crippen molar-refractivity contribution in [1.82, 2.24) is 10.2 Å². The Kier molecular flexibility index (Phi) is 11.9. The van der Waals surface area contributed by atoms with Crippen LogP contribution < -0.4 is 15.4 Å². The van der Waals surface area contributed by atoms with E-state index in [1.807, 2.05) is 39.1 Å². The van der Waals surface area contributed by atoms with Crippen molar-refractivity contribution in [2.24, 2.45) is 5.92 Å². The van der Waals surface area contributed by atoms with E-state index in [0.29, 0.717) is 13.2 Å². The molecule has 1 heterocycles. The summed E-state index contributed by atoms with van der Waals surface area (Å²) in [6.07, 6.45) is 2.61. The highest BCUT2D eigenvalue weighted by Gasteiger charge is 2.13. The first-order valence-corrected chi connectivity index (χ1v) is 8.51. The number of amides is 1. The van der Waals surface area contributed by atoms with Gasteiger partial charge in [0.25, 0.3) is 0 Å². The van der Waals surface area contributed by atoms with Crippen LogP contribution in [0.1, 0.15) is 25.3 Å². The molecule has 0 saturated carbocycles. The van der Waals surface area contributed by atoms with Crippen molar-refractivity contribution in [3.8, 4) is 5.75 Å². The van der Waals surface area contributed by atoms with E-state index in [0.717, 1.165) is 23.5 Å². The summed E-state index contributed by atoms with van der Waals surface area (Å²) in [5.74, 6) is 0.864. The Morgan fingerprint density at radius 2 is 1.96 bits per heavy atom. The number of hydrogen-bond donors (Lipinski definition) is 2. The molecule has 1 saturated heterocycles. The van der Waals surface area contributed by atoms with Crippen molar-refractivity contribution in [3.05, 3.63) is 23.8 Å². The van der Waals surface area contributed by atoms with Crippen molar-refractivity contribution >= 4 is 36.4 Å². The van der Waals surface area contributed by atoms with Gasteiger partial charge in [-0.1, -0.05) is 6.92 Å². The molecule has 0 aliphatic carbocycles. The molecule has 144 valence electrons. The normalized spacial score (nSPS) is 15.0. The van der Waals surface area contributed by atoms with E-state index in [-0.39, 0.29) is 36.6 Å². The third kappa shape index (κ3) is 7.82. The number of halogens is 2. The molecule has 1 fully saturated rings. The van der Waals surface area contributed by atoms with E-state index >= 15 is 0 Å². The zero-order valence-corrected chi connectivity index (χ0v) is 17.0. The summed E-state index contributed by atoms with van der Waals surface area (Å²) in [6.45, 7) is 8.68. The zero-order valence-electron chi connectivity index (χ0n) is 15.3. The Morgan fingerprint density at radius 3 is 2.56 bits per heavy atom. The van der Waals surface area contributed by atoms with Gasteiger partial charge in [0, 0.05) is 24.7 Å². The van der Waals surface area contributed by atoms with Crippen LogP contribution in [0.2, 0.25) is 0 Å². The minimum atomic E-state index is -0.0586. The molecule has 1 unspecified atom stereocenters. The summed E-state index contributed by atoms with van der Waals surface area (Å²) in [5.41, 5.74) is 1.87. The van der Waals surface area contributed by atoms with Crippen molar-refractivity contribution in [3.63, 3.8) is 0 Å². The van der Waals surface area contributed by atoms with Gasteiger partial charge in [0.1, 0.15) is 12.4 Å². The lowest BCUT2D eigenvalue weighted by atomic mass is 10.1. The second-order valence-corrected chi connectivity index (χ2v) is 6.33. The quantitative estimate of drug-likeness (QED) is 0.714. The Morgan fingerprint density at radius 1 is 1.28 bits per heavy atom. The molecule has 1 aliphatic rings. The Labute approximate surface area is 163 Å². The zero-order chi connectivity index (χ0) is 16.7. The van der Waals surface area contributed by atoms with Crippen LogP contribution in [0, 0.1) is 12.8 Å². The average Bonchev–Trinajstić information content (AvgIpc) is 3.03. The van der Waals surface area contributed by atoms with Crippen LogP contribution in [0.15, 0.2) is 18.2 Å². The van der Waals surface area contributed by atoms with E-state index < -0.39 is 0 Å². The molecule has 1 amide bonds. The molecule has 2 rings (SSSR count). The lowest BCUT2D eigenvalue weighted by molar-refractivity contribution is -0.119. The highest BCUT2D eigenvalue weighted by molar-refractivity contribution is 5.92. The van der Waals surface area contributed by atoms with Gasteiger partial charge in [0.05, 0.1) is 0 Å². The minimum absolute atomic E-state index is 0. The smallest absolute Gasteiger partial charge is 0.228 e. The predicted octanol–water partition coefficient (Wildman–Crippen LogP) is 3.11. The first-order chi connectivity index (χ1) is 11.1. The standard InChI is InChI=1S/C18H29N3O2.2ClH/c1-14-12-16(20-18(22)15(2)13-19-3)6-7-17(14)23-11-10-21-8-4-5-9-21;;/h6-7,12,15,19H,4-5,8-11,13H2,1-3H3,(H,20,22);2*1H. The number of hydrogen-bond acceptors (Lipinski definition) is 4. The van der Waals surface area contributed by atoms with Crippen LogP contribution in [0.5, 0.6) is 5.75 Å². The van der Waals surface area contributed by atoms with Gasteiger partial charge in [-0.15, -0.1) is 24.8 Å². The number of likely N-dealkylation sites (tertiary alicyclic amines) is 1. The SMILES string of the molecule is CNCC(C)C(=O)Nc1ccc(OCCN2CCCC2)c(C)c1.Cl.Cl. The minimum Gasteiger partial charge on any atom is -0.492 e. The maximum Gasteiger partial charge on any atom is 0.228 e. The van der Waals surface area contributed by atoms with Crippen LogP contribution in [0.4, 0.5) is 5.69 Å². The fourth-order valence-electron chi connectivity index (χ4n) is 2.84. The number of ether oxygens (including phenoxy) is 1. The fourth-order valence-corrected chi connectivity index (χ4v) is 2.84. The van der Waals surface area contributed by atoms with Crippen molar-refractivity contribution in [2.45, 2.75) is 26.7 Å². The Balaban J connectivity index is 0.00000288. The van der Waals surface area contributed by atoms with Gasteiger partial charge in [-0.2, -0.15) is 0 Å². The van der Waals surface area contributed by atoms with Crippen molar-refractivity contribution in [1.29, 1.82) is 0 Å². The number of anilines is 1. The summed E-state index contributed by atoms with van der Waals surface area (Å²) < 4.78 is 5.88. The van der Waals surface area contributed by atoms with E-state index in [1.165, 1.54) is 25.9 Å². The van der Waals surface area contributed by atoms with E-state index in [4.69, 9.17) is 4.74 Å². The molecule has 2 N–H and O–H groups in total. The van der Waals surface area contributed by atoms with Crippen molar-refractivity contribution in [2.75, 3.05) is 45.2 Å². The summed E-state index contributed by atoms with van der Waals surface area (Å²) in [6, 6.07) is 5.81. The van der Waals surface area contributed by atoms with Crippen LogP contribution in [0.3, 0.4) is 0 Å². The van der Waals surface area contributed by atoms with E-state index in [1.54, 1.807) is 0 Å². The molecule has 1 atom stereocenters. The number of carbonyl (C=O) groups is 1. The lowest BCUT2D eigenvalue weighted by Gasteiger charge is -2.17. The molecule has 0 aromatic heterocycles. The summed E-state index contributed by atoms with van der Waals surface area (Å²) >= 11 is 0. The summed E-state index contributed by atoms with van der Waals surface area (Å²) in [5, 5.41) is 5.97. The van der Waals surface area contributed by atoms with E-state index in [2.05, 4.69) is 15.5 Å². The Hall–Kier alpha value is -1.01. The molecular formula is C18H31Cl2N3O2. The third-order valence-electron chi connectivity index (χ3n) is 4.26. The van der Waals surface area contributed by atoms with Gasteiger partial charge < -0.3 is 15.4 Å². The van der Waals surface area contributed by atoms with Gasteiger partial charge in [-0.05, 0) is 63.7 Å². The number of carbonyl (C=O) groups excluding carboxylic acids is 1. The van der Waals surface area contributed by atoms with Crippen LogP contribution in [0.25, 0.3) is 0 Å². The highest BCUT2D eigenvalue weighted by Crippen LogP contribution is 2.22. The maximum absolute atomic E-state index is 12.0. The lowest BCUT2D eigenvalue weighted by Crippen LogP contribution is -2.28. The first-order valence-electron chi connectivity index (χ1n) is 8.51.